The van der Waals surface area contributed by atoms with Crippen molar-refractivity contribution in [3.8, 4) is 0 Å². The second-order valence-electron chi connectivity index (χ2n) is 7.40. The molecule has 0 atom stereocenters. The summed E-state index contributed by atoms with van der Waals surface area (Å²) in [5.41, 5.74) is 3.72. The van der Waals surface area contributed by atoms with Crippen LogP contribution in [0.25, 0.3) is 10.9 Å². The van der Waals surface area contributed by atoms with E-state index >= 15 is 0 Å². The number of hydrogen-bond acceptors (Lipinski definition) is 3. The van der Waals surface area contributed by atoms with Crippen LogP contribution in [0.3, 0.4) is 0 Å². The molecule has 1 aliphatic rings. The fourth-order valence-corrected chi connectivity index (χ4v) is 4.03. The van der Waals surface area contributed by atoms with Crippen LogP contribution in [0.2, 0.25) is 0 Å². The van der Waals surface area contributed by atoms with Gasteiger partial charge in [-0.15, -0.1) is 0 Å². The molecule has 3 nitrogen and oxygen atoms in total. The van der Waals surface area contributed by atoms with E-state index in [2.05, 4.69) is 63.4 Å². The Hall–Kier alpha value is -2.26. The van der Waals surface area contributed by atoms with E-state index in [1.807, 2.05) is 6.07 Å². The number of likely N-dealkylation sites (tertiary alicyclic amines) is 1. The lowest BCUT2D eigenvalue weighted by Crippen LogP contribution is -2.35. The zero-order chi connectivity index (χ0) is 17.6. The molecule has 0 amide bonds. The van der Waals surface area contributed by atoms with Crippen molar-refractivity contribution in [1.82, 2.24) is 14.9 Å². The smallest absolute Gasteiger partial charge is 0.116 e. The number of hydrogen-bond donors (Lipinski definition) is 0. The fourth-order valence-electron chi connectivity index (χ4n) is 4.03. The number of benzene rings is 2. The third kappa shape index (κ3) is 4.28. The summed E-state index contributed by atoms with van der Waals surface area (Å²) in [6.45, 7) is 3.66. The van der Waals surface area contributed by atoms with Crippen LogP contribution in [-0.4, -0.2) is 34.5 Å². The van der Waals surface area contributed by atoms with Crippen LogP contribution in [0.1, 0.15) is 30.5 Å². The highest BCUT2D eigenvalue weighted by Crippen LogP contribution is 2.24. The molecule has 3 heteroatoms. The van der Waals surface area contributed by atoms with E-state index in [4.69, 9.17) is 0 Å². The van der Waals surface area contributed by atoms with Gasteiger partial charge in [0.2, 0.25) is 0 Å². The topological polar surface area (TPSA) is 29.0 Å². The molecule has 1 fully saturated rings. The van der Waals surface area contributed by atoms with E-state index in [0.717, 1.165) is 17.9 Å². The number of para-hydroxylation sites is 1. The first-order chi connectivity index (χ1) is 12.9. The average molecular weight is 345 g/mol. The number of rotatable bonds is 6. The van der Waals surface area contributed by atoms with Gasteiger partial charge < -0.3 is 4.90 Å². The number of nitrogens with zero attached hydrogens (tertiary/aromatic N) is 3. The molecule has 0 saturated carbocycles. The zero-order valence-corrected chi connectivity index (χ0v) is 15.3. The molecule has 1 aromatic heterocycles. The van der Waals surface area contributed by atoms with Crippen LogP contribution in [0.4, 0.5) is 0 Å². The summed E-state index contributed by atoms with van der Waals surface area (Å²) in [4.78, 5) is 11.6. The standard InChI is InChI=1S/C23H27N3/c1-2-6-19(7-3-1)12-15-26-16-13-20(14-17-26)10-11-23-21-8-4-5-9-22(21)24-18-25-23/h1-9,18,20H,10-17H2. The molecule has 0 aliphatic carbocycles. The normalized spacial score (nSPS) is 16.2. The van der Waals surface area contributed by atoms with Gasteiger partial charge in [0.1, 0.15) is 6.33 Å². The van der Waals surface area contributed by atoms with Crippen molar-refractivity contribution in [2.24, 2.45) is 5.92 Å². The molecule has 3 aromatic rings. The molecular weight excluding hydrogens is 318 g/mol. The third-order valence-electron chi connectivity index (χ3n) is 5.68. The zero-order valence-electron chi connectivity index (χ0n) is 15.3. The first-order valence-electron chi connectivity index (χ1n) is 9.83. The van der Waals surface area contributed by atoms with Crippen LogP contribution in [0.5, 0.6) is 0 Å². The SMILES string of the molecule is c1ccc(CCN2CCC(CCc3ncnc4ccccc34)CC2)cc1. The summed E-state index contributed by atoms with van der Waals surface area (Å²) in [6.07, 6.45) is 7.82. The van der Waals surface area contributed by atoms with E-state index in [9.17, 15) is 0 Å². The van der Waals surface area contributed by atoms with Gasteiger partial charge in [-0.3, -0.25) is 0 Å². The van der Waals surface area contributed by atoms with E-state index in [0.29, 0.717) is 0 Å². The molecule has 0 N–H and O–H groups in total. The number of piperidine rings is 1. The van der Waals surface area contributed by atoms with Crippen LogP contribution in [-0.2, 0) is 12.8 Å². The summed E-state index contributed by atoms with van der Waals surface area (Å²) >= 11 is 0. The van der Waals surface area contributed by atoms with Gasteiger partial charge in [0.15, 0.2) is 0 Å². The monoisotopic (exact) mass is 345 g/mol. The maximum Gasteiger partial charge on any atom is 0.116 e. The Balaban J connectivity index is 1.25. The Kier molecular flexibility index (Phi) is 5.56. The maximum absolute atomic E-state index is 4.55. The predicted octanol–water partition coefficient (Wildman–Crippen LogP) is 4.52. The first kappa shape index (κ1) is 17.2. The van der Waals surface area contributed by atoms with Crippen molar-refractivity contribution in [3.05, 3.63) is 72.2 Å². The lowest BCUT2D eigenvalue weighted by molar-refractivity contribution is 0.181. The summed E-state index contributed by atoms with van der Waals surface area (Å²) in [5, 5.41) is 1.22. The van der Waals surface area contributed by atoms with Gasteiger partial charge in [-0.05, 0) is 62.7 Å². The van der Waals surface area contributed by atoms with Crippen molar-refractivity contribution in [3.63, 3.8) is 0 Å². The molecule has 0 spiro atoms. The second kappa shape index (κ2) is 8.41. The van der Waals surface area contributed by atoms with E-state index < -0.39 is 0 Å². The largest absolute Gasteiger partial charge is 0.303 e. The summed E-state index contributed by atoms with van der Waals surface area (Å²) < 4.78 is 0. The number of fused-ring (bicyclic) bond motifs is 1. The van der Waals surface area contributed by atoms with E-state index in [-0.39, 0.29) is 0 Å². The van der Waals surface area contributed by atoms with Crippen LogP contribution < -0.4 is 0 Å². The van der Waals surface area contributed by atoms with E-state index in [1.54, 1.807) is 6.33 Å². The molecule has 2 heterocycles. The van der Waals surface area contributed by atoms with Crippen molar-refractivity contribution in [2.45, 2.75) is 32.1 Å². The highest BCUT2D eigenvalue weighted by molar-refractivity contribution is 5.80. The van der Waals surface area contributed by atoms with Gasteiger partial charge in [0.05, 0.1) is 11.2 Å². The van der Waals surface area contributed by atoms with Gasteiger partial charge in [-0.1, -0.05) is 48.5 Å². The van der Waals surface area contributed by atoms with Crippen LogP contribution >= 0.6 is 0 Å². The molecule has 0 bridgehead atoms. The number of aromatic nitrogens is 2. The molecule has 1 aliphatic heterocycles. The Morgan fingerprint density at radius 1 is 0.846 bits per heavy atom. The fraction of sp³-hybridized carbons (Fsp3) is 0.391. The Morgan fingerprint density at radius 2 is 1.62 bits per heavy atom. The lowest BCUT2D eigenvalue weighted by Gasteiger charge is -2.32. The highest BCUT2D eigenvalue weighted by atomic mass is 15.1. The average Bonchev–Trinajstić information content (AvgIpc) is 2.72. The summed E-state index contributed by atoms with van der Waals surface area (Å²) in [6, 6.07) is 19.2. The van der Waals surface area contributed by atoms with Crippen molar-refractivity contribution < 1.29 is 0 Å². The summed E-state index contributed by atoms with van der Waals surface area (Å²) in [7, 11) is 0. The minimum Gasteiger partial charge on any atom is -0.303 e. The lowest BCUT2D eigenvalue weighted by atomic mass is 9.91. The number of aryl methyl sites for hydroxylation is 1. The van der Waals surface area contributed by atoms with Crippen molar-refractivity contribution in [2.75, 3.05) is 19.6 Å². The minimum absolute atomic E-state index is 0.830. The van der Waals surface area contributed by atoms with E-state index in [1.165, 1.54) is 62.0 Å². The minimum atomic E-state index is 0.830. The molecule has 4 rings (SSSR count). The quantitative estimate of drug-likeness (QED) is 0.658. The molecule has 0 radical (unpaired) electrons. The molecule has 26 heavy (non-hydrogen) atoms. The predicted molar refractivity (Wildman–Crippen MR) is 107 cm³/mol. The van der Waals surface area contributed by atoms with Gasteiger partial charge in [-0.2, -0.15) is 0 Å². The molecule has 0 unspecified atom stereocenters. The first-order valence-corrected chi connectivity index (χ1v) is 9.83. The highest BCUT2D eigenvalue weighted by Gasteiger charge is 2.19. The second-order valence-corrected chi connectivity index (χ2v) is 7.40. The van der Waals surface area contributed by atoms with Gasteiger partial charge >= 0.3 is 0 Å². The summed E-state index contributed by atoms with van der Waals surface area (Å²) in [5.74, 6) is 0.830. The molecular formula is C23H27N3. The van der Waals surface area contributed by atoms with Crippen molar-refractivity contribution in [1.29, 1.82) is 0 Å². The molecule has 1 saturated heterocycles. The van der Waals surface area contributed by atoms with Gasteiger partial charge in [0.25, 0.3) is 0 Å². The van der Waals surface area contributed by atoms with Crippen molar-refractivity contribution >= 4 is 10.9 Å². The Bertz CT molecular complexity index is 818. The Labute approximate surface area is 156 Å². The Morgan fingerprint density at radius 3 is 2.46 bits per heavy atom. The molecule has 2 aromatic carbocycles. The van der Waals surface area contributed by atoms with Gasteiger partial charge in [-0.25, -0.2) is 9.97 Å². The van der Waals surface area contributed by atoms with Crippen LogP contribution in [0.15, 0.2) is 60.9 Å². The van der Waals surface area contributed by atoms with Gasteiger partial charge in [0, 0.05) is 11.9 Å². The third-order valence-corrected chi connectivity index (χ3v) is 5.68. The maximum atomic E-state index is 4.55. The van der Waals surface area contributed by atoms with Crippen LogP contribution in [0, 0.1) is 5.92 Å². The molecule has 134 valence electrons.